The second kappa shape index (κ2) is 9.98. The molecule has 1 aliphatic heterocycles. The van der Waals surface area contributed by atoms with Gasteiger partial charge < -0.3 is 10.6 Å². The molecule has 0 aliphatic carbocycles. The summed E-state index contributed by atoms with van der Waals surface area (Å²) in [5, 5.41) is 9.21. The van der Waals surface area contributed by atoms with Crippen molar-refractivity contribution in [1.82, 2.24) is 15.2 Å². The van der Waals surface area contributed by atoms with Gasteiger partial charge in [0.25, 0.3) is 0 Å². The number of benzene rings is 1. The smallest absolute Gasteiger partial charge is 0.224 e. The normalized spacial score (nSPS) is 16.4. The summed E-state index contributed by atoms with van der Waals surface area (Å²) in [6, 6.07) is 7.60. The van der Waals surface area contributed by atoms with Crippen LogP contribution in [0.3, 0.4) is 0 Å². The van der Waals surface area contributed by atoms with Gasteiger partial charge in [0.05, 0.1) is 16.7 Å². The van der Waals surface area contributed by atoms with Gasteiger partial charge in [0.1, 0.15) is 0 Å². The molecule has 29 heavy (non-hydrogen) atoms. The van der Waals surface area contributed by atoms with E-state index in [2.05, 4.69) is 25.9 Å². The van der Waals surface area contributed by atoms with Crippen LogP contribution in [-0.2, 0) is 16.1 Å². The number of amides is 2. The average Bonchev–Trinajstić information content (AvgIpc) is 3.13. The Labute approximate surface area is 176 Å². The summed E-state index contributed by atoms with van der Waals surface area (Å²) in [6.45, 7) is 8.57. The molecule has 2 heterocycles. The molecule has 1 aliphatic rings. The monoisotopic (exact) mass is 414 g/mol. The third-order valence-electron chi connectivity index (χ3n) is 5.38. The van der Waals surface area contributed by atoms with Crippen molar-refractivity contribution in [3.63, 3.8) is 0 Å². The van der Waals surface area contributed by atoms with Crippen molar-refractivity contribution in [3.05, 3.63) is 45.9 Å². The lowest BCUT2D eigenvalue weighted by Gasteiger charge is -2.31. The van der Waals surface area contributed by atoms with Crippen LogP contribution >= 0.6 is 11.3 Å². The molecule has 2 amide bonds. The lowest BCUT2D eigenvalue weighted by atomic mass is 9.95. The highest BCUT2D eigenvalue weighted by molar-refractivity contribution is 7.09. The van der Waals surface area contributed by atoms with Crippen molar-refractivity contribution in [2.75, 3.05) is 18.4 Å². The van der Waals surface area contributed by atoms with Gasteiger partial charge in [-0.05, 0) is 57.5 Å². The van der Waals surface area contributed by atoms with E-state index in [1.54, 1.807) is 11.3 Å². The molecule has 1 unspecified atom stereocenters. The van der Waals surface area contributed by atoms with Crippen LogP contribution in [0.15, 0.2) is 29.6 Å². The first-order chi connectivity index (χ1) is 13.9. The van der Waals surface area contributed by atoms with Crippen molar-refractivity contribution in [1.29, 1.82) is 0 Å². The highest BCUT2D eigenvalue weighted by atomic mass is 32.1. The van der Waals surface area contributed by atoms with Crippen molar-refractivity contribution in [3.8, 4) is 0 Å². The molecule has 7 heteroatoms. The molecular weight excluding hydrogens is 384 g/mol. The average molecular weight is 415 g/mol. The number of aromatic nitrogens is 1. The molecule has 0 saturated carbocycles. The van der Waals surface area contributed by atoms with E-state index in [-0.39, 0.29) is 23.8 Å². The van der Waals surface area contributed by atoms with E-state index in [4.69, 9.17) is 0 Å². The minimum Gasteiger partial charge on any atom is -0.349 e. The van der Waals surface area contributed by atoms with Gasteiger partial charge >= 0.3 is 0 Å². The van der Waals surface area contributed by atoms with Gasteiger partial charge in [-0.1, -0.05) is 19.1 Å². The molecule has 0 spiro atoms. The number of hydrogen-bond donors (Lipinski definition) is 2. The molecule has 3 rings (SSSR count). The Bertz CT molecular complexity index is 826. The standard InChI is InChI=1S/C22H30N4O2S/c1-4-21(27)25-19-7-5-17(6-8-19)15(2)23-22(28)18-9-11-26(12-10-18)13-20-14-29-16(3)24-20/h5-8,14-15,18H,4,9-13H2,1-3H3,(H,23,28)(H,25,27). The molecule has 2 aromatic rings. The van der Waals surface area contributed by atoms with E-state index in [1.807, 2.05) is 45.0 Å². The number of nitrogens with one attached hydrogen (secondary N) is 2. The fourth-order valence-electron chi connectivity index (χ4n) is 3.58. The van der Waals surface area contributed by atoms with Gasteiger partial charge in [-0.25, -0.2) is 4.98 Å². The summed E-state index contributed by atoms with van der Waals surface area (Å²) in [6.07, 6.45) is 2.21. The minimum absolute atomic E-state index is 0.00430. The summed E-state index contributed by atoms with van der Waals surface area (Å²) in [4.78, 5) is 31.1. The third kappa shape index (κ3) is 6.11. The van der Waals surface area contributed by atoms with Crippen LogP contribution < -0.4 is 10.6 Å². The van der Waals surface area contributed by atoms with Crippen LogP contribution in [0.4, 0.5) is 5.69 Å². The summed E-state index contributed by atoms with van der Waals surface area (Å²) in [5.74, 6) is 0.189. The molecule has 1 aromatic heterocycles. The molecule has 1 atom stereocenters. The molecule has 6 nitrogen and oxygen atoms in total. The number of rotatable bonds is 7. The zero-order valence-electron chi connectivity index (χ0n) is 17.4. The van der Waals surface area contributed by atoms with Gasteiger partial charge in [0.2, 0.25) is 11.8 Å². The number of likely N-dealkylation sites (tertiary alicyclic amines) is 1. The first-order valence-corrected chi connectivity index (χ1v) is 11.2. The van der Waals surface area contributed by atoms with E-state index in [9.17, 15) is 9.59 Å². The van der Waals surface area contributed by atoms with Crippen molar-refractivity contribution in [2.45, 2.75) is 52.6 Å². The van der Waals surface area contributed by atoms with Gasteiger partial charge in [-0.15, -0.1) is 11.3 Å². The lowest BCUT2D eigenvalue weighted by Crippen LogP contribution is -2.40. The van der Waals surface area contributed by atoms with Gasteiger partial charge in [-0.3, -0.25) is 14.5 Å². The quantitative estimate of drug-likeness (QED) is 0.721. The second-order valence-electron chi connectivity index (χ2n) is 7.66. The maximum Gasteiger partial charge on any atom is 0.224 e. The van der Waals surface area contributed by atoms with Crippen molar-refractivity contribution in [2.24, 2.45) is 5.92 Å². The Balaban J connectivity index is 1.45. The van der Waals surface area contributed by atoms with Crippen molar-refractivity contribution < 1.29 is 9.59 Å². The van der Waals surface area contributed by atoms with Gasteiger partial charge in [0, 0.05) is 30.0 Å². The van der Waals surface area contributed by atoms with Crippen LogP contribution in [0.5, 0.6) is 0 Å². The van der Waals surface area contributed by atoms with Gasteiger partial charge in [-0.2, -0.15) is 0 Å². The zero-order chi connectivity index (χ0) is 20.8. The second-order valence-corrected chi connectivity index (χ2v) is 8.72. The van der Waals surface area contributed by atoms with Crippen LogP contribution in [0.1, 0.15) is 55.4 Å². The van der Waals surface area contributed by atoms with Crippen LogP contribution in [0.2, 0.25) is 0 Å². The molecular formula is C22H30N4O2S. The Morgan fingerprint density at radius 2 is 1.93 bits per heavy atom. The topological polar surface area (TPSA) is 74.3 Å². The third-order valence-corrected chi connectivity index (χ3v) is 6.21. The van der Waals surface area contributed by atoms with E-state index >= 15 is 0 Å². The van der Waals surface area contributed by atoms with Crippen molar-refractivity contribution >= 4 is 28.8 Å². The molecule has 156 valence electrons. The largest absolute Gasteiger partial charge is 0.349 e. The summed E-state index contributed by atoms with van der Waals surface area (Å²) < 4.78 is 0. The van der Waals surface area contributed by atoms with E-state index in [0.717, 1.165) is 54.4 Å². The van der Waals surface area contributed by atoms with E-state index in [1.165, 1.54) is 0 Å². The van der Waals surface area contributed by atoms with Gasteiger partial charge in [0.15, 0.2) is 0 Å². The van der Waals surface area contributed by atoms with Crippen LogP contribution in [-0.4, -0.2) is 34.8 Å². The number of anilines is 1. The first-order valence-electron chi connectivity index (χ1n) is 10.3. The fraction of sp³-hybridized carbons (Fsp3) is 0.500. The fourth-order valence-corrected chi connectivity index (χ4v) is 4.19. The first kappa shape index (κ1) is 21.5. The molecule has 1 saturated heterocycles. The predicted molar refractivity (Wildman–Crippen MR) is 117 cm³/mol. The molecule has 1 fully saturated rings. The highest BCUT2D eigenvalue weighted by Crippen LogP contribution is 2.22. The Kier molecular flexibility index (Phi) is 7.39. The highest BCUT2D eigenvalue weighted by Gasteiger charge is 2.26. The summed E-state index contributed by atoms with van der Waals surface area (Å²) in [7, 11) is 0. The minimum atomic E-state index is -0.0607. The van der Waals surface area contributed by atoms with E-state index < -0.39 is 0 Å². The predicted octanol–water partition coefficient (Wildman–Crippen LogP) is 3.89. The Hall–Kier alpha value is -2.25. The number of hydrogen-bond acceptors (Lipinski definition) is 5. The maximum absolute atomic E-state index is 12.7. The van der Waals surface area contributed by atoms with Crippen LogP contribution in [0.25, 0.3) is 0 Å². The zero-order valence-corrected chi connectivity index (χ0v) is 18.2. The Morgan fingerprint density at radius 3 is 2.52 bits per heavy atom. The number of aryl methyl sites for hydroxylation is 1. The van der Waals surface area contributed by atoms with E-state index in [0.29, 0.717) is 6.42 Å². The number of piperidine rings is 1. The summed E-state index contributed by atoms with van der Waals surface area (Å²) in [5.41, 5.74) is 2.94. The number of carbonyl (C=O) groups is 2. The number of carbonyl (C=O) groups excluding carboxylic acids is 2. The maximum atomic E-state index is 12.7. The SMILES string of the molecule is CCC(=O)Nc1ccc(C(C)NC(=O)C2CCN(Cc3csc(C)n3)CC2)cc1. The molecule has 2 N–H and O–H groups in total. The lowest BCUT2D eigenvalue weighted by molar-refractivity contribution is -0.127. The molecule has 0 radical (unpaired) electrons. The Morgan fingerprint density at radius 1 is 1.24 bits per heavy atom. The molecule has 1 aromatic carbocycles. The molecule has 0 bridgehead atoms. The number of thiazole rings is 1. The summed E-state index contributed by atoms with van der Waals surface area (Å²) >= 11 is 1.69. The van der Waals surface area contributed by atoms with Crippen LogP contribution in [0, 0.1) is 12.8 Å². The number of nitrogens with zero attached hydrogens (tertiary/aromatic N) is 2.